The molecule has 1 N–H and O–H groups in total. The summed E-state index contributed by atoms with van der Waals surface area (Å²) in [4.78, 5) is 8.67. The summed E-state index contributed by atoms with van der Waals surface area (Å²) in [6, 6.07) is 6.23. The molecule has 31 heavy (non-hydrogen) atoms. The molecule has 3 heterocycles. The van der Waals surface area contributed by atoms with E-state index >= 15 is 0 Å². The van der Waals surface area contributed by atoms with Crippen LogP contribution in [0, 0.1) is 12.7 Å². The number of halogens is 2. The highest BCUT2D eigenvalue weighted by molar-refractivity contribution is 6.33. The number of hydrogen-bond donors (Lipinski definition) is 1. The molecule has 0 aliphatic heterocycles. The molecule has 1 aliphatic rings. The van der Waals surface area contributed by atoms with Gasteiger partial charge in [0.25, 0.3) is 0 Å². The minimum Gasteiger partial charge on any atom is -0.390 e. The third kappa shape index (κ3) is 3.32. The lowest BCUT2D eigenvalue weighted by Gasteiger charge is -2.41. The summed E-state index contributed by atoms with van der Waals surface area (Å²) in [6.45, 7) is 3.73. The first-order valence-electron chi connectivity index (χ1n) is 9.84. The number of aromatic nitrogens is 5. The van der Waals surface area contributed by atoms with Gasteiger partial charge in [0.1, 0.15) is 11.5 Å². The highest BCUT2D eigenvalue weighted by Crippen LogP contribution is 2.45. The van der Waals surface area contributed by atoms with Crippen LogP contribution in [-0.2, 0) is 0 Å². The van der Waals surface area contributed by atoms with Crippen LogP contribution in [0.1, 0.15) is 31.5 Å². The van der Waals surface area contributed by atoms with Gasteiger partial charge in [-0.1, -0.05) is 22.8 Å². The Labute approximate surface area is 182 Å². The van der Waals surface area contributed by atoms with Crippen LogP contribution in [0.5, 0.6) is 0 Å². The van der Waals surface area contributed by atoms with Gasteiger partial charge in [0.2, 0.25) is 0 Å². The summed E-state index contributed by atoms with van der Waals surface area (Å²) in [6.07, 6.45) is 6.12. The maximum absolute atomic E-state index is 14.7. The van der Waals surface area contributed by atoms with Crippen molar-refractivity contribution in [3.63, 3.8) is 0 Å². The van der Waals surface area contributed by atoms with Crippen molar-refractivity contribution < 1.29 is 14.0 Å². The van der Waals surface area contributed by atoms with Crippen LogP contribution in [0.25, 0.3) is 34.0 Å². The van der Waals surface area contributed by atoms with Gasteiger partial charge >= 0.3 is 0 Å². The number of aliphatic hydroxyl groups is 1. The molecule has 0 bridgehead atoms. The van der Waals surface area contributed by atoms with E-state index in [2.05, 4.69) is 20.2 Å². The van der Waals surface area contributed by atoms with Crippen molar-refractivity contribution in [2.24, 2.45) is 0 Å². The van der Waals surface area contributed by atoms with Gasteiger partial charge in [0.05, 0.1) is 39.6 Å². The summed E-state index contributed by atoms with van der Waals surface area (Å²) in [7, 11) is 0. The summed E-state index contributed by atoms with van der Waals surface area (Å²) in [5.41, 5.74) is 1.66. The summed E-state index contributed by atoms with van der Waals surface area (Å²) in [5.74, 6) is 0.204. The normalized spacial score (nSPS) is 20.6. The Morgan fingerprint density at radius 3 is 2.61 bits per heavy atom. The van der Waals surface area contributed by atoms with Gasteiger partial charge in [-0.15, -0.1) is 0 Å². The van der Waals surface area contributed by atoms with E-state index in [4.69, 9.17) is 16.1 Å². The predicted octanol–water partition coefficient (Wildman–Crippen LogP) is 4.85. The van der Waals surface area contributed by atoms with E-state index in [1.165, 1.54) is 12.1 Å². The topological polar surface area (TPSA) is 89.9 Å². The fraction of sp³-hybridized carbons (Fsp3) is 0.273. The minimum atomic E-state index is -0.673. The molecule has 4 aromatic rings. The molecule has 1 fully saturated rings. The molecule has 0 amide bonds. The Morgan fingerprint density at radius 1 is 1.19 bits per heavy atom. The molecule has 0 spiro atoms. The van der Waals surface area contributed by atoms with E-state index in [0.29, 0.717) is 35.6 Å². The first-order chi connectivity index (χ1) is 14.9. The Balaban J connectivity index is 1.68. The van der Waals surface area contributed by atoms with Crippen molar-refractivity contribution in [1.29, 1.82) is 0 Å². The van der Waals surface area contributed by atoms with E-state index in [9.17, 15) is 9.50 Å². The SMILES string of the molecule is Cc1c(-c2onc(-c3c(F)cccc3Cl)c2-c2ncccn2)cnn1[C@H]1C[C@@](C)(O)C1. The number of benzene rings is 1. The number of rotatable bonds is 4. The van der Waals surface area contributed by atoms with Crippen LogP contribution in [0.15, 0.2) is 47.4 Å². The molecular formula is C22H19ClFN5O2. The molecule has 1 aromatic carbocycles. The molecule has 9 heteroatoms. The Bertz CT molecular complexity index is 1240. The van der Waals surface area contributed by atoms with Gasteiger partial charge in [-0.25, -0.2) is 14.4 Å². The second-order valence-electron chi connectivity index (χ2n) is 8.05. The fourth-order valence-corrected chi connectivity index (χ4v) is 4.40. The second-order valence-corrected chi connectivity index (χ2v) is 8.46. The monoisotopic (exact) mass is 439 g/mol. The molecule has 1 aliphatic carbocycles. The lowest BCUT2D eigenvalue weighted by molar-refractivity contribution is -0.0548. The largest absolute Gasteiger partial charge is 0.390 e. The Kier molecular flexibility index (Phi) is 4.64. The standard InChI is InChI=1S/C22H19ClFN5O2/c1-12-14(11-27-29(12)13-9-22(2,30)10-13)20-18(21-25-7-4-8-26-21)19(28-31-20)17-15(23)5-3-6-16(17)24/h3-8,11,13,30H,9-10H2,1-2H3/t13-,22+. The van der Waals surface area contributed by atoms with Crippen molar-refractivity contribution in [3.8, 4) is 34.0 Å². The Hall–Kier alpha value is -3.10. The van der Waals surface area contributed by atoms with Crippen molar-refractivity contribution in [1.82, 2.24) is 24.9 Å². The highest BCUT2D eigenvalue weighted by atomic mass is 35.5. The maximum atomic E-state index is 14.7. The second kappa shape index (κ2) is 7.25. The molecular weight excluding hydrogens is 421 g/mol. The molecule has 0 unspecified atom stereocenters. The zero-order chi connectivity index (χ0) is 21.8. The van der Waals surface area contributed by atoms with Crippen LogP contribution >= 0.6 is 11.6 Å². The van der Waals surface area contributed by atoms with Gasteiger partial charge in [-0.2, -0.15) is 5.10 Å². The van der Waals surface area contributed by atoms with Gasteiger partial charge in [0, 0.05) is 18.1 Å². The summed E-state index contributed by atoms with van der Waals surface area (Å²) < 4.78 is 22.3. The van der Waals surface area contributed by atoms with Gasteiger partial charge in [-0.3, -0.25) is 4.68 Å². The molecule has 3 aromatic heterocycles. The van der Waals surface area contributed by atoms with E-state index in [0.717, 1.165) is 5.69 Å². The van der Waals surface area contributed by atoms with Crippen LogP contribution in [0.4, 0.5) is 4.39 Å². The molecule has 0 atom stereocenters. The van der Waals surface area contributed by atoms with Gasteiger partial charge in [-0.05, 0) is 44.9 Å². The average Bonchev–Trinajstić information content (AvgIpc) is 3.30. The van der Waals surface area contributed by atoms with Crippen molar-refractivity contribution in [3.05, 3.63) is 59.4 Å². The quantitative estimate of drug-likeness (QED) is 0.489. The minimum absolute atomic E-state index is 0.101. The Morgan fingerprint density at radius 2 is 1.94 bits per heavy atom. The van der Waals surface area contributed by atoms with Crippen LogP contribution < -0.4 is 0 Å². The van der Waals surface area contributed by atoms with E-state index in [1.807, 2.05) is 18.5 Å². The molecule has 7 nitrogen and oxygen atoms in total. The summed E-state index contributed by atoms with van der Waals surface area (Å²) >= 11 is 6.31. The smallest absolute Gasteiger partial charge is 0.181 e. The van der Waals surface area contributed by atoms with Crippen LogP contribution in [-0.4, -0.2) is 35.6 Å². The highest BCUT2D eigenvalue weighted by Gasteiger charge is 2.41. The zero-order valence-electron chi connectivity index (χ0n) is 16.9. The number of nitrogens with zero attached hydrogens (tertiary/aromatic N) is 5. The maximum Gasteiger partial charge on any atom is 0.181 e. The van der Waals surface area contributed by atoms with E-state index in [-0.39, 0.29) is 22.3 Å². The van der Waals surface area contributed by atoms with Gasteiger partial charge < -0.3 is 9.63 Å². The van der Waals surface area contributed by atoms with Gasteiger partial charge in [0.15, 0.2) is 11.6 Å². The van der Waals surface area contributed by atoms with Crippen molar-refractivity contribution >= 4 is 11.6 Å². The predicted molar refractivity (Wildman–Crippen MR) is 113 cm³/mol. The van der Waals surface area contributed by atoms with E-state index < -0.39 is 11.4 Å². The first kappa shape index (κ1) is 19.8. The van der Waals surface area contributed by atoms with Crippen LogP contribution in [0.2, 0.25) is 5.02 Å². The van der Waals surface area contributed by atoms with Crippen LogP contribution in [0.3, 0.4) is 0 Å². The third-order valence-electron chi connectivity index (χ3n) is 5.67. The molecule has 158 valence electrons. The number of hydrogen-bond acceptors (Lipinski definition) is 6. The molecule has 1 saturated carbocycles. The summed E-state index contributed by atoms with van der Waals surface area (Å²) in [5, 5.41) is 19.0. The molecule has 0 saturated heterocycles. The first-order valence-corrected chi connectivity index (χ1v) is 10.2. The lowest BCUT2D eigenvalue weighted by atomic mass is 9.77. The molecule has 0 radical (unpaired) electrons. The third-order valence-corrected chi connectivity index (χ3v) is 5.98. The van der Waals surface area contributed by atoms with E-state index in [1.54, 1.807) is 30.7 Å². The van der Waals surface area contributed by atoms with Crippen molar-refractivity contribution in [2.45, 2.75) is 38.3 Å². The zero-order valence-corrected chi connectivity index (χ0v) is 17.6. The average molecular weight is 440 g/mol. The fourth-order valence-electron chi connectivity index (χ4n) is 4.15. The van der Waals surface area contributed by atoms with Crippen molar-refractivity contribution in [2.75, 3.05) is 0 Å². The lowest BCUT2D eigenvalue weighted by Crippen LogP contribution is -2.42. The molecule has 5 rings (SSSR count).